The van der Waals surface area contributed by atoms with E-state index in [1.54, 1.807) is 7.05 Å². The van der Waals surface area contributed by atoms with Gasteiger partial charge in [-0.25, -0.2) is 9.78 Å². The number of benzene rings is 2. The van der Waals surface area contributed by atoms with Gasteiger partial charge >= 0.3 is 12.1 Å². The normalized spacial score (nSPS) is 13.0. The Bertz CT molecular complexity index is 1200. The number of fused-ring (bicyclic) bond motifs is 3. The van der Waals surface area contributed by atoms with Gasteiger partial charge in [0.1, 0.15) is 12.6 Å². The average Bonchev–Trinajstić information content (AvgIpc) is 3.40. The van der Waals surface area contributed by atoms with Crippen LogP contribution in [0.1, 0.15) is 40.6 Å². The highest BCUT2D eigenvalue weighted by Crippen LogP contribution is 2.44. The summed E-state index contributed by atoms with van der Waals surface area (Å²) in [5, 5.41) is 14.4. The summed E-state index contributed by atoms with van der Waals surface area (Å²) in [7, 11) is 1.60. The van der Waals surface area contributed by atoms with Crippen molar-refractivity contribution in [2.75, 3.05) is 13.7 Å². The highest BCUT2D eigenvalue weighted by Gasteiger charge is 2.30. The molecule has 0 fully saturated rings. The Kier molecular flexibility index (Phi) is 7.45. The second-order valence-corrected chi connectivity index (χ2v) is 9.57. The van der Waals surface area contributed by atoms with Crippen LogP contribution >= 0.6 is 11.3 Å². The summed E-state index contributed by atoms with van der Waals surface area (Å²) in [5.41, 5.74) is 5.13. The molecule has 1 aliphatic carbocycles. The zero-order chi connectivity index (χ0) is 24.9. The number of aryl methyl sites for hydroxylation is 1. The lowest BCUT2D eigenvalue weighted by molar-refractivity contribution is -0.138. The highest BCUT2D eigenvalue weighted by molar-refractivity contribution is 7.09. The lowest BCUT2D eigenvalue weighted by Crippen LogP contribution is -2.47. The number of carboxylic acids is 1. The number of carbonyl (C=O) groups excluding carboxylic acids is 2. The maximum Gasteiger partial charge on any atom is 0.407 e. The van der Waals surface area contributed by atoms with E-state index in [9.17, 15) is 14.4 Å². The number of aliphatic carboxylic acids is 1. The number of nitrogens with one attached hydrogen (secondary N) is 1. The van der Waals surface area contributed by atoms with E-state index in [1.807, 2.05) is 48.7 Å². The number of thiazole rings is 1. The maximum atomic E-state index is 13.0. The van der Waals surface area contributed by atoms with Crippen LogP contribution in [0.25, 0.3) is 11.1 Å². The van der Waals surface area contributed by atoms with E-state index in [0.29, 0.717) is 0 Å². The van der Waals surface area contributed by atoms with Crippen molar-refractivity contribution in [3.63, 3.8) is 0 Å². The van der Waals surface area contributed by atoms with E-state index in [4.69, 9.17) is 9.84 Å². The Labute approximate surface area is 207 Å². The number of alkyl carbamates (subject to hydrolysis) is 1. The molecule has 1 aliphatic rings. The third kappa shape index (κ3) is 5.68. The van der Waals surface area contributed by atoms with Crippen LogP contribution in [0.3, 0.4) is 0 Å². The van der Waals surface area contributed by atoms with E-state index in [-0.39, 0.29) is 31.9 Å². The number of carboxylic acid groups (broad SMARTS) is 1. The van der Waals surface area contributed by atoms with Gasteiger partial charge in [-0.15, -0.1) is 11.3 Å². The van der Waals surface area contributed by atoms with Gasteiger partial charge in [-0.1, -0.05) is 48.5 Å². The molecule has 0 aliphatic heterocycles. The molecule has 2 amide bonds. The van der Waals surface area contributed by atoms with Gasteiger partial charge < -0.3 is 20.1 Å². The number of amides is 2. The molecule has 2 N–H and O–H groups in total. The Morgan fingerprint density at radius 3 is 2.31 bits per heavy atom. The lowest BCUT2D eigenvalue weighted by Gasteiger charge is -2.24. The van der Waals surface area contributed by atoms with Crippen LogP contribution in [0.5, 0.6) is 0 Å². The molecule has 1 unspecified atom stereocenters. The van der Waals surface area contributed by atoms with E-state index < -0.39 is 24.0 Å². The van der Waals surface area contributed by atoms with E-state index in [1.165, 1.54) is 16.2 Å². The summed E-state index contributed by atoms with van der Waals surface area (Å²) in [6.45, 7) is 2.25. The predicted octanol–water partition coefficient (Wildman–Crippen LogP) is 4.18. The zero-order valence-corrected chi connectivity index (χ0v) is 20.4. The molecule has 182 valence electrons. The largest absolute Gasteiger partial charge is 0.481 e. The van der Waals surface area contributed by atoms with Crippen molar-refractivity contribution in [1.29, 1.82) is 0 Å². The Morgan fingerprint density at radius 1 is 1.11 bits per heavy atom. The van der Waals surface area contributed by atoms with Crippen molar-refractivity contribution in [1.82, 2.24) is 15.2 Å². The molecular weight excluding hydrogens is 466 g/mol. The van der Waals surface area contributed by atoms with E-state index in [2.05, 4.69) is 22.4 Å². The molecule has 3 aromatic rings. The van der Waals surface area contributed by atoms with Gasteiger partial charge in [-0.05, 0) is 35.6 Å². The van der Waals surface area contributed by atoms with Gasteiger partial charge in [0.25, 0.3) is 0 Å². The number of hydrogen-bond donors (Lipinski definition) is 2. The number of hydrogen-bond acceptors (Lipinski definition) is 6. The maximum absolute atomic E-state index is 13.0. The van der Waals surface area contributed by atoms with Crippen molar-refractivity contribution in [3.8, 4) is 11.1 Å². The Balaban J connectivity index is 1.41. The van der Waals surface area contributed by atoms with Crippen molar-refractivity contribution >= 4 is 29.3 Å². The Morgan fingerprint density at radius 2 is 1.74 bits per heavy atom. The molecule has 8 nitrogen and oxygen atoms in total. The molecule has 1 aromatic heterocycles. The minimum absolute atomic E-state index is 0.0429. The summed E-state index contributed by atoms with van der Waals surface area (Å²) in [6, 6.07) is 15.0. The molecule has 0 saturated heterocycles. The first-order chi connectivity index (χ1) is 16.8. The molecule has 2 aromatic carbocycles. The minimum atomic E-state index is -1.05. The summed E-state index contributed by atoms with van der Waals surface area (Å²) in [4.78, 5) is 42.7. The van der Waals surface area contributed by atoms with Crippen LogP contribution < -0.4 is 5.32 Å². The molecule has 0 bridgehead atoms. The fraction of sp³-hybridized carbons (Fsp3) is 0.308. The second-order valence-electron chi connectivity index (χ2n) is 8.51. The molecule has 4 rings (SSSR count). The number of rotatable bonds is 9. The lowest BCUT2D eigenvalue weighted by atomic mass is 9.98. The third-order valence-corrected chi connectivity index (χ3v) is 6.85. The number of likely N-dealkylation sites (N-methyl/N-ethyl adjacent to an activating group) is 1. The van der Waals surface area contributed by atoms with Crippen molar-refractivity contribution in [2.24, 2.45) is 0 Å². The van der Waals surface area contributed by atoms with Gasteiger partial charge in [0, 0.05) is 24.8 Å². The van der Waals surface area contributed by atoms with E-state index >= 15 is 0 Å². The molecular formula is C26H27N3O5S. The first-order valence-electron chi connectivity index (χ1n) is 11.3. The van der Waals surface area contributed by atoms with Crippen LogP contribution in [-0.2, 0) is 20.9 Å². The van der Waals surface area contributed by atoms with E-state index in [0.717, 1.165) is 33.0 Å². The van der Waals surface area contributed by atoms with Crippen LogP contribution in [0.2, 0.25) is 0 Å². The first-order valence-corrected chi connectivity index (χ1v) is 12.2. The SMILES string of the molecule is Cc1nc(CN(C)C(=O)C(CCC(=O)O)NC(=O)OCC2c3ccccc3-c3ccccc32)cs1. The molecule has 1 atom stereocenters. The van der Waals surface area contributed by atoms with Gasteiger partial charge in [-0.2, -0.15) is 0 Å². The minimum Gasteiger partial charge on any atom is -0.481 e. The topological polar surface area (TPSA) is 109 Å². The molecule has 0 spiro atoms. The van der Waals surface area contributed by atoms with Gasteiger partial charge in [0.05, 0.1) is 17.2 Å². The van der Waals surface area contributed by atoms with Crippen molar-refractivity contribution in [3.05, 3.63) is 75.7 Å². The fourth-order valence-corrected chi connectivity index (χ4v) is 4.98. The number of aromatic nitrogens is 1. The monoisotopic (exact) mass is 493 g/mol. The average molecular weight is 494 g/mol. The smallest absolute Gasteiger partial charge is 0.407 e. The molecule has 1 heterocycles. The Hall–Kier alpha value is -3.72. The second kappa shape index (κ2) is 10.7. The molecule has 0 radical (unpaired) electrons. The molecule has 9 heteroatoms. The summed E-state index contributed by atoms with van der Waals surface area (Å²) in [6.07, 6.45) is -1.06. The number of ether oxygens (including phenoxy) is 1. The van der Waals surface area contributed by atoms with Crippen LogP contribution in [-0.4, -0.2) is 52.7 Å². The van der Waals surface area contributed by atoms with Gasteiger partial charge in [0.15, 0.2) is 0 Å². The summed E-state index contributed by atoms with van der Waals surface area (Å²) >= 11 is 1.48. The number of nitrogens with zero attached hydrogens (tertiary/aromatic N) is 2. The fourth-order valence-electron chi connectivity index (χ4n) is 4.38. The molecule has 0 saturated carbocycles. The van der Waals surface area contributed by atoms with Crippen LogP contribution in [0.4, 0.5) is 4.79 Å². The zero-order valence-electron chi connectivity index (χ0n) is 19.6. The standard InChI is InChI=1S/C26H27N3O5S/c1-16-27-17(15-35-16)13-29(2)25(32)23(11-12-24(30)31)28-26(33)34-14-22-20-9-5-3-7-18(20)19-8-4-6-10-21(19)22/h3-10,15,22-23H,11-14H2,1-2H3,(H,28,33)(H,30,31). The van der Waals surface area contributed by atoms with Crippen molar-refractivity contribution in [2.45, 2.75) is 38.3 Å². The highest BCUT2D eigenvalue weighted by atomic mass is 32.1. The number of carbonyl (C=O) groups is 3. The quantitative estimate of drug-likeness (QED) is 0.463. The third-order valence-electron chi connectivity index (χ3n) is 6.02. The summed E-state index contributed by atoms with van der Waals surface area (Å²) < 4.78 is 5.55. The first kappa shape index (κ1) is 24.4. The van der Waals surface area contributed by atoms with Gasteiger partial charge in [-0.3, -0.25) is 9.59 Å². The summed E-state index contributed by atoms with van der Waals surface area (Å²) in [5.74, 6) is -1.56. The molecule has 35 heavy (non-hydrogen) atoms. The van der Waals surface area contributed by atoms with Crippen LogP contribution in [0, 0.1) is 6.92 Å². The van der Waals surface area contributed by atoms with Crippen molar-refractivity contribution < 1.29 is 24.2 Å². The van der Waals surface area contributed by atoms with Crippen LogP contribution in [0.15, 0.2) is 53.9 Å². The predicted molar refractivity (Wildman–Crippen MR) is 132 cm³/mol. The van der Waals surface area contributed by atoms with Gasteiger partial charge in [0.2, 0.25) is 5.91 Å².